The SMILES string of the molecule is O=C(CN1CCN(c2cccc(Cl)c2)CC1)c1ccc(Br)cc1. The summed E-state index contributed by atoms with van der Waals surface area (Å²) in [6, 6.07) is 15.5. The van der Waals surface area contributed by atoms with E-state index in [1.54, 1.807) is 0 Å². The van der Waals surface area contributed by atoms with Crippen LogP contribution >= 0.6 is 27.5 Å². The fourth-order valence-corrected chi connectivity index (χ4v) is 3.22. The Balaban J connectivity index is 1.55. The molecule has 0 radical (unpaired) electrons. The maximum Gasteiger partial charge on any atom is 0.176 e. The van der Waals surface area contributed by atoms with E-state index in [-0.39, 0.29) is 5.78 Å². The lowest BCUT2D eigenvalue weighted by molar-refractivity contribution is 0.0926. The minimum Gasteiger partial charge on any atom is -0.369 e. The molecule has 1 saturated heterocycles. The fourth-order valence-electron chi connectivity index (χ4n) is 2.77. The van der Waals surface area contributed by atoms with Gasteiger partial charge < -0.3 is 4.90 Å². The predicted octanol–water partition coefficient (Wildman–Crippen LogP) is 4.11. The first-order chi connectivity index (χ1) is 11.1. The maximum absolute atomic E-state index is 12.3. The van der Waals surface area contributed by atoms with Crippen LogP contribution in [0.15, 0.2) is 53.0 Å². The first-order valence-electron chi connectivity index (χ1n) is 7.63. The van der Waals surface area contributed by atoms with Gasteiger partial charge in [-0.15, -0.1) is 0 Å². The number of Topliss-reactive ketones (excluding diaryl/α,β-unsaturated/α-hetero) is 1. The zero-order chi connectivity index (χ0) is 16.2. The number of hydrogen-bond donors (Lipinski definition) is 0. The van der Waals surface area contributed by atoms with E-state index in [9.17, 15) is 4.79 Å². The lowest BCUT2D eigenvalue weighted by Gasteiger charge is -2.35. The summed E-state index contributed by atoms with van der Waals surface area (Å²) >= 11 is 9.45. The Labute approximate surface area is 150 Å². The molecule has 0 unspecified atom stereocenters. The molecule has 0 aliphatic carbocycles. The summed E-state index contributed by atoms with van der Waals surface area (Å²) in [6.45, 7) is 4.07. The molecule has 5 heteroatoms. The van der Waals surface area contributed by atoms with Crippen molar-refractivity contribution in [2.24, 2.45) is 0 Å². The molecule has 0 aromatic heterocycles. The van der Waals surface area contributed by atoms with Gasteiger partial charge in [0.25, 0.3) is 0 Å². The molecule has 0 spiro atoms. The van der Waals surface area contributed by atoms with Crippen molar-refractivity contribution >= 4 is 39.0 Å². The molecule has 0 N–H and O–H groups in total. The van der Waals surface area contributed by atoms with Gasteiger partial charge in [-0.2, -0.15) is 0 Å². The molecule has 0 atom stereocenters. The summed E-state index contributed by atoms with van der Waals surface area (Å²) in [5, 5.41) is 0.760. The van der Waals surface area contributed by atoms with E-state index in [0.29, 0.717) is 6.54 Å². The summed E-state index contributed by atoms with van der Waals surface area (Å²) in [5.74, 6) is 0.175. The third-order valence-electron chi connectivity index (χ3n) is 4.08. The molecule has 1 aliphatic heterocycles. The first-order valence-corrected chi connectivity index (χ1v) is 8.80. The van der Waals surface area contributed by atoms with E-state index >= 15 is 0 Å². The van der Waals surface area contributed by atoms with E-state index in [1.165, 1.54) is 0 Å². The standard InChI is InChI=1S/C18H18BrClN2O/c19-15-6-4-14(5-7-15)18(23)13-21-8-10-22(11-9-21)17-3-1-2-16(20)12-17/h1-7,12H,8-11,13H2. The van der Waals surface area contributed by atoms with Gasteiger partial charge in [0.2, 0.25) is 0 Å². The lowest BCUT2D eigenvalue weighted by atomic mass is 10.1. The Morgan fingerprint density at radius 3 is 2.39 bits per heavy atom. The summed E-state index contributed by atoms with van der Waals surface area (Å²) in [4.78, 5) is 16.9. The molecule has 2 aromatic rings. The second-order valence-electron chi connectivity index (χ2n) is 5.67. The number of rotatable bonds is 4. The summed E-state index contributed by atoms with van der Waals surface area (Å²) in [6.07, 6.45) is 0. The Bertz CT molecular complexity index is 682. The highest BCUT2D eigenvalue weighted by atomic mass is 79.9. The molecular formula is C18H18BrClN2O. The van der Waals surface area contributed by atoms with Crippen molar-refractivity contribution in [3.05, 3.63) is 63.6 Å². The molecule has 0 saturated carbocycles. The average molecular weight is 394 g/mol. The van der Waals surface area contributed by atoms with Crippen LogP contribution in [0.3, 0.4) is 0 Å². The number of piperazine rings is 1. The quantitative estimate of drug-likeness (QED) is 0.731. The number of halogens is 2. The molecule has 120 valence electrons. The van der Waals surface area contributed by atoms with Gasteiger partial charge >= 0.3 is 0 Å². The Morgan fingerprint density at radius 2 is 1.74 bits per heavy atom. The molecular weight excluding hydrogens is 376 g/mol. The van der Waals surface area contributed by atoms with Crippen molar-refractivity contribution in [1.29, 1.82) is 0 Å². The molecule has 0 bridgehead atoms. The molecule has 23 heavy (non-hydrogen) atoms. The van der Waals surface area contributed by atoms with Crippen molar-refractivity contribution in [3.63, 3.8) is 0 Å². The van der Waals surface area contributed by atoms with Crippen molar-refractivity contribution in [3.8, 4) is 0 Å². The number of carbonyl (C=O) groups excluding carboxylic acids is 1. The van der Waals surface area contributed by atoms with Crippen LogP contribution in [-0.2, 0) is 0 Å². The van der Waals surface area contributed by atoms with Gasteiger partial charge in [0.1, 0.15) is 0 Å². The largest absolute Gasteiger partial charge is 0.369 e. The van der Waals surface area contributed by atoms with Crippen molar-refractivity contribution in [1.82, 2.24) is 4.90 Å². The van der Waals surface area contributed by atoms with Gasteiger partial charge in [-0.05, 0) is 30.3 Å². The second-order valence-corrected chi connectivity index (χ2v) is 7.03. The van der Waals surface area contributed by atoms with E-state index in [4.69, 9.17) is 11.6 Å². The van der Waals surface area contributed by atoms with Crippen molar-refractivity contribution in [2.75, 3.05) is 37.6 Å². The average Bonchev–Trinajstić information content (AvgIpc) is 2.56. The molecule has 3 nitrogen and oxygen atoms in total. The molecule has 2 aromatic carbocycles. The molecule has 0 amide bonds. The summed E-state index contributed by atoms with van der Waals surface area (Å²) < 4.78 is 0.990. The highest BCUT2D eigenvalue weighted by molar-refractivity contribution is 9.10. The molecule has 1 heterocycles. The van der Waals surface area contributed by atoms with Crippen LogP contribution in [0, 0.1) is 0 Å². The van der Waals surface area contributed by atoms with Crippen LogP contribution in [-0.4, -0.2) is 43.4 Å². The van der Waals surface area contributed by atoms with Gasteiger partial charge in [0.15, 0.2) is 5.78 Å². The zero-order valence-corrected chi connectivity index (χ0v) is 15.1. The van der Waals surface area contributed by atoms with Crippen LogP contribution in [0.4, 0.5) is 5.69 Å². The number of carbonyl (C=O) groups is 1. The molecule has 1 aliphatic rings. The normalized spacial score (nSPS) is 15.7. The highest BCUT2D eigenvalue weighted by Gasteiger charge is 2.19. The highest BCUT2D eigenvalue weighted by Crippen LogP contribution is 2.21. The summed E-state index contributed by atoms with van der Waals surface area (Å²) in [7, 11) is 0. The van der Waals surface area contributed by atoms with Crippen LogP contribution in [0.5, 0.6) is 0 Å². The molecule has 1 fully saturated rings. The van der Waals surface area contributed by atoms with E-state index < -0.39 is 0 Å². The van der Waals surface area contributed by atoms with Crippen LogP contribution in [0.1, 0.15) is 10.4 Å². The zero-order valence-electron chi connectivity index (χ0n) is 12.7. The number of anilines is 1. The number of nitrogens with zero attached hydrogens (tertiary/aromatic N) is 2. The van der Waals surface area contributed by atoms with Gasteiger partial charge in [0, 0.05) is 46.9 Å². The van der Waals surface area contributed by atoms with E-state index in [1.807, 2.05) is 42.5 Å². The topological polar surface area (TPSA) is 23.6 Å². The Kier molecular flexibility index (Phi) is 5.36. The summed E-state index contributed by atoms with van der Waals surface area (Å²) in [5.41, 5.74) is 1.92. The number of hydrogen-bond acceptors (Lipinski definition) is 3. The maximum atomic E-state index is 12.3. The lowest BCUT2D eigenvalue weighted by Crippen LogP contribution is -2.48. The van der Waals surface area contributed by atoms with E-state index in [2.05, 4.69) is 31.8 Å². The van der Waals surface area contributed by atoms with Gasteiger partial charge in [-0.1, -0.05) is 45.7 Å². The Morgan fingerprint density at radius 1 is 1.04 bits per heavy atom. The third kappa shape index (κ3) is 4.34. The van der Waals surface area contributed by atoms with Crippen molar-refractivity contribution in [2.45, 2.75) is 0 Å². The van der Waals surface area contributed by atoms with Crippen molar-refractivity contribution < 1.29 is 4.79 Å². The monoisotopic (exact) mass is 392 g/mol. The van der Waals surface area contributed by atoms with Gasteiger partial charge in [0.05, 0.1) is 6.54 Å². The van der Waals surface area contributed by atoms with E-state index in [0.717, 1.165) is 46.9 Å². The predicted molar refractivity (Wildman–Crippen MR) is 98.6 cm³/mol. The van der Waals surface area contributed by atoms with Gasteiger partial charge in [-0.25, -0.2) is 0 Å². The van der Waals surface area contributed by atoms with Crippen LogP contribution in [0.2, 0.25) is 5.02 Å². The van der Waals surface area contributed by atoms with Crippen LogP contribution < -0.4 is 4.90 Å². The molecule has 3 rings (SSSR count). The first kappa shape index (κ1) is 16.5. The van der Waals surface area contributed by atoms with Gasteiger partial charge in [-0.3, -0.25) is 9.69 Å². The third-order valence-corrected chi connectivity index (χ3v) is 4.84. The number of ketones is 1. The number of benzene rings is 2. The minimum atomic E-state index is 0.175. The van der Waals surface area contributed by atoms with Crippen LogP contribution in [0.25, 0.3) is 0 Å². The minimum absolute atomic E-state index is 0.175. The Hall–Kier alpha value is -1.36. The smallest absolute Gasteiger partial charge is 0.176 e. The fraction of sp³-hybridized carbons (Fsp3) is 0.278. The second kappa shape index (κ2) is 7.47.